The Bertz CT molecular complexity index is 302. The molecule has 0 heterocycles. The summed E-state index contributed by atoms with van der Waals surface area (Å²) in [5, 5.41) is 3.41. The quantitative estimate of drug-likeness (QED) is 0.797. The maximum Gasteiger partial charge on any atom is 0.119 e. The van der Waals surface area contributed by atoms with Gasteiger partial charge < -0.3 is 10.1 Å². The first-order valence-corrected chi connectivity index (χ1v) is 6.10. The largest absolute Gasteiger partial charge is 0.492 e. The minimum atomic E-state index is 0.450. The molecule has 1 unspecified atom stereocenters. The fourth-order valence-electron chi connectivity index (χ4n) is 1.82. The van der Waals surface area contributed by atoms with E-state index >= 15 is 0 Å². The van der Waals surface area contributed by atoms with Crippen LogP contribution in [0.25, 0.3) is 0 Å². The highest BCUT2D eigenvalue weighted by Crippen LogP contribution is 2.16. The molecule has 2 heteroatoms. The molecule has 0 bridgehead atoms. The molecule has 0 aliphatic carbocycles. The molecule has 16 heavy (non-hydrogen) atoms. The van der Waals surface area contributed by atoms with Gasteiger partial charge in [-0.05, 0) is 50.1 Å². The smallest absolute Gasteiger partial charge is 0.119 e. The van der Waals surface area contributed by atoms with Crippen molar-refractivity contribution in [2.75, 3.05) is 13.2 Å². The van der Waals surface area contributed by atoms with Crippen LogP contribution in [0, 0.1) is 13.8 Å². The van der Waals surface area contributed by atoms with E-state index in [1.807, 2.05) is 0 Å². The number of nitrogens with one attached hydrogen (secondary N) is 1. The normalized spacial score (nSPS) is 12.5. The lowest BCUT2D eigenvalue weighted by atomic mass is 10.1. The van der Waals surface area contributed by atoms with Crippen molar-refractivity contribution in [1.29, 1.82) is 0 Å². The zero-order valence-electron chi connectivity index (χ0n) is 10.8. The van der Waals surface area contributed by atoms with Crippen molar-refractivity contribution in [2.24, 2.45) is 0 Å². The molecule has 0 saturated carbocycles. The summed E-state index contributed by atoms with van der Waals surface area (Å²) in [7, 11) is 0. The summed E-state index contributed by atoms with van der Waals surface area (Å²) in [5.74, 6) is 0.980. The van der Waals surface area contributed by atoms with E-state index in [0.29, 0.717) is 6.04 Å². The van der Waals surface area contributed by atoms with Gasteiger partial charge in [-0.2, -0.15) is 0 Å². The van der Waals surface area contributed by atoms with Crippen LogP contribution in [0.1, 0.15) is 31.4 Å². The van der Waals surface area contributed by atoms with Gasteiger partial charge in [0.05, 0.1) is 0 Å². The Labute approximate surface area is 99.0 Å². The minimum absolute atomic E-state index is 0.450. The van der Waals surface area contributed by atoms with Crippen molar-refractivity contribution in [3.05, 3.63) is 29.3 Å². The second-order valence-corrected chi connectivity index (χ2v) is 4.30. The molecule has 1 atom stereocenters. The molecule has 0 aliphatic rings. The molecular formula is C14H23NO. The molecule has 0 radical (unpaired) electrons. The molecular weight excluding hydrogens is 198 g/mol. The maximum atomic E-state index is 5.81. The highest BCUT2D eigenvalue weighted by Gasteiger charge is 2.05. The van der Waals surface area contributed by atoms with Gasteiger partial charge in [0, 0.05) is 6.04 Å². The number of benzene rings is 1. The third-order valence-electron chi connectivity index (χ3n) is 2.63. The molecule has 2 nitrogen and oxygen atoms in total. The molecule has 0 fully saturated rings. The zero-order valence-corrected chi connectivity index (χ0v) is 10.8. The first-order valence-electron chi connectivity index (χ1n) is 6.10. The van der Waals surface area contributed by atoms with Crippen LogP contribution in [0.2, 0.25) is 0 Å². The molecule has 0 saturated heterocycles. The SMILES string of the molecule is CCNC(CC)COc1cc(C)cc(C)c1. The number of likely N-dealkylation sites (N-methyl/N-ethyl adjacent to an activating group) is 1. The van der Waals surface area contributed by atoms with Crippen molar-refractivity contribution in [3.63, 3.8) is 0 Å². The molecule has 0 spiro atoms. The van der Waals surface area contributed by atoms with Crippen molar-refractivity contribution in [2.45, 2.75) is 40.2 Å². The summed E-state index contributed by atoms with van der Waals surface area (Å²) in [6, 6.07) is 6.79. The van der Waals surface area contributed by atoms with Crippen LogP contribution in [-0.2, 0) is 0 Å². The summed E-state index contributed by atoms with van der Waals surface area (Å²) < 4.78 is 5.81. The van der Waals surface area contributed by atoms with Crippen LogP contribution in [0.5, 0.6) is 5.75 Å². The van der Waals surface area contributed by atoms with E-state index in [0.717, 1.165) is 25.3 Å². The number of aryl methyl sites for hydroxylation is 2. The third-order valence-corrected chi connectivity index (χ3v) is 2.63. The van der Waals surface area contributed by atoms with Crippen molar-refractivity contribution >= 4 is 0 Å². The van der Waals surface area contributed by atoms with Crippen molar-refractivity contribution in [1.82, 2.24) is 5.32 Å². The molecule has 0 aromatic heterocycles. The van der Waals surface area contributed by atoms with E-state index in [9.17, 15) is 0 Å². The van der Waals surface area contributed by atoms with Crippen LogP contribution in [0.15, 0.2) is 18.2 Å². The number of rotatable bonds is 6. The van der Waals surface area contributed by atoms with E-state index in [4.69, 9.17) is 4.74 Å². The van der Waals surface area contributed by atoms with Gasteiger partial charge in [-0.25, -0.2) is 0 Å². The standard InChI is InChI=1S/C14H23NO/c1-5-13(15-6-2)10-16-14-8-11(3)7-12(4)9-14/h7-9,13,15H,5-6,10H2,1-4H3. The number of hydrogen-bond donors (Lipinski definition) is 1. The van der Waals surface area contributed by atoms with Gasteiger partial charge >= 0.3 is 0 Å². The van der Waals surface area contributed by atoms with E-state index in [-0.39, 0.29) is 0 Å². The number of hydrogen-bond acceptors (Lipinski definition) is 2. The van der Waals surface area contributed by atoms with Gasteiger partial charge in [0.2, 0.25) is 0 Å². The lowest BCUT2D eigenvalue weighted by Crippen LogP contribution is -2.33. The molecule has 1 N–H and O–H groups in total. The Balaban J connectivity index is 2.52. The summed E-state index contributed by atoms with van der Waals surface area (Å²) in [4.78, 5) is 0. The number of ether oxygens (including phenoxy) is 1. The van der Waals surface area contributed by atoms with Gasteiger partial charge in [-0.1, -0.05) is 19.9 Å². The van der Waals surface area contributed by atoms with Crippen LogP contribution in [-0.4, -0.2) is 19.2 Å². The van der Waals surface area contributed by atoms with Crippen LogP contribution in [0.4, 0.5) is 0 Å². The Morgan fingerprint density at radius 1 is 1.12 bits per heavy atom. The van der Waals surface area contributed by atoms with E-state index in [1.54, 1.807) is 0 Å². The van der Waals surface area contributed by atoms with Gasteiger partial charge in [-0.3, -0.25) is 0 Å². The first kappa shape index (κ1) is 13.0. The van der Waals surface area contributed by atoms with Gasteiger partial charge in [0.15, 0.2) is 0 Å². The second-order valence-electron chi connectivity index (χ2n) is 4.30. The predicted molar refractivity (Wildman–Crippen MR) is 69.2 cm³/mol. The lowest BCUT2D eigenvalue weighted by Gasteiger charge is -2.17. The van der Waals surface area contributed by atoms with Crippen LogP contribution < -0.4 is 10.1 Å². The monoisotopic (exact) mass is 221 g/mol. The molecule has 0 amide bonds. The Kier molecular flexibility index (Phi) is 5.33. The van der Waals surface area contributed by atoms with Gasteiger partial charge in [0.1, 0.15) is 12.4 Å². The van der Waals surface area contributed by atoms with E-state index in [2.05, 4.69) is 51.2 Å². The van der Waals surface area contributed by atoms with Crippen LogP contribution in [0.3, 0.4) is 0 Å². The van der Waals surface area contributed by atoms with Gasteiger partial charge in [-0.15, -0.1) is 0 Å². The summed E-state index contributed by atoms with van der Waals surface area (Å²) in [5.41, 5.74) is 2.51. The predicted octanol–water partition coefficient (Wildman–Crippen LogP) is 3.07. The molecule has 1 aromatic rings. The van der Waals surface area contributed by atoms with Crippen molar-refractivity contribution in [3.8, 4) is 5.75 Å². The average molecular weight is 221 g/mol. The molecule has 1 aromatic carbocycles. The average Bonchev–Trinajstić information content (AvgIpc) is 2.23. The zero-order chi connectivity index (χ0) is 12.0. The maximum absolute atomic E-state index is 5.81. The highest BCUT2D eigenvalue weighted by atomic mass is 16.5. The minimum Gasteiger partial charge on any atom is -0.492 e. The molecule has 1 rings (SSSR count). The summed E-state index contributed by atoms with van der Waals surface area (Å²) >= 11 is 0. The third kappa shape index (κ3) is 4.23. The van der Waals surface area contributed by atoms with Crippen molar-refractivity contribution < 1.29 is 4.74 Å². The van der Waals surface area contributed by atoms with E-state index < -0.39 is 0 Å². The lowest BCUT2D eigenvalue weighted by molar-refractivity contribution is 0.262. The fourth-order valence-corrected chi connectivity index (χ4v) is 1.82. The first-order chi connectivity index (χ1) is 7.65. The topological polar surface area (TPSA) is 21.3 Å². The Morgan fingerprint density at radius 3 is 2.25 bits per heavy atom. The second kappa shape index (κ2) is 6.54. The highest BCUT2D eigenvalue weighted by molar-refractivity contribution is 5.32. The summed E-state index contributed by atoms with van der Waals surface area (Å²) in [6.45, 7) is 10.2. The summed E-state index contributed by atoms with van der Waals surface area (Å²) in [6.07, 6.45) is 1.10. The van der Waals surface area contributed by atoms with Gasteiger partial charge in [0.25, 0.3) is 0 Å². The van der Waals surface area contributed by atoms with Crippen LogP contribution >= 0.6 is 0 Å². The molecule has 90 valence electrons. The Morgan fingerprint density at radius 2 is 1.75 bits per heavy atom. The fraction of sp³-hybridized carbons (Fsp3) is 0.571. The Hall–Kier alpha value is -1.02. The van der Waals surface area contributed by atoms with E-state index in [1.165, 1.54) is 11.1 Å². The molecule has 0 aliphatic heterocycles.